The lowest BCUT2D eigenvalue weighted by atomic mass is 10.3. The molecule has 4 nitrogen and oxygen atoms in total. The zero-order valence-corrected chi connectivity index (χ0v) is 9.53. The second-order valence-electron chi connectivity index (χ2n) is 2.70. The number of hydrogen-bond acceptors (Lipinski definition) is 3. The molecule has 0 spiro atoms. The maximum absolute atomic E-state index is 10.4. The van der Waals surface area contributed by atoms with Crippen LogP contribution in [0.4, 0.5) is 5.69 Å². The third-order valence-electron chi connectivity index (χ3n) is 1.54. The van der Waals surface area contributed by atoms with Crippen molar-refractivity contribution >= 4 is 41.1 Å². The van der Waals surface area contributed by atoms with Gasteiger partial charge in [0.1, 0.15) is 5.03 Å². The van der Waals surface area contributed by atoms with Gasteiger partial charge in [-0.3, -0.25) is 5.43 Å². The van der Waals surface area contributed by atoms with Crippen LogP contribution in [0.1, 0.15) is 0 Å². The molecule has 0 atom stereocenters. The van der Waals surface area contributed by atoms with E-state index in [1.54, 1.807) is 12.1 Å². The lowest BCUT2D eigenvalue weighted by Crippen LogP contribution is -1.97. The van der Waals surface area contributed by atoms with Crippen LogP contribution in [0.3, 0.4) is 0 Å². The highest BCUT2D eigenvalue weighted by Crippen LogP contribution is 2.12. The minimum Gasteiger partial charge on any atom is -0.477 e. The molecular formula is C10H8Cl2N2O2. The summed E-state index contributed by atoms with van der Waals surface area (Å²) >= 11 is 10.9. The smallest absolute Gasteiger partial charge is 0.348 e. The molecule has 0 aromatic heterocycles. The van der Waals surface area contributed by atoms with E-state index in [0.717, 1.165) is 11.9 Å². The Labute approximate surface area is 102 Å². The number of carboxylic acid groups (broad SMARTS) is 1. The topological polar surface area (TPSA) is 61.7 Å². The van der Waals surface area contributed by atoms with Crippen molar-refractivity contribution in [1.29, 1.82) is 0 Å². The summed E-state index contributed by atoms with van der Waals surface area (Å²) in [6.07, 6.45) is 1.13. The summed E-state index contributed by atoms with van der Waals surface area (Å²) < 4.78 is 0. The number of hydrazone groups is 1. The van der Waals surface area contributed by atoms with Crippen LogP contribution in [-0.4, -0.2) is 17.3 Å². The lowest BCUT2D eigenvalue weighted by Gasteiger charge is -1.98. The van der Waals surface area contributed by atoms with E-state index >= 15 is 0 Å². The summed E-state index contributed by atoms with van der Waals surface area (Å²) in [7, 11) is 0. The van der Waals surface area contributed by atoms with Gasteiger partial charge in [-0.1, -0.05) is 41.4 Å². The number of aliphatic carboxylic acids is 1. The number of nitrogens with zero attached hydrogens (tertiary/aromatic N) is 1. The number of halogens is 2. The fourth-order valence-corrected chi connectivity index (χ4v) is 1.01. The number of nitrogens with one attached hydrogen (secondary N) is 1. The van der Waals surface area contributed by atoms with Crippen LogP contribution in [0, 0.1) is 0 Å². The Bertz CT molecular complexity index is 430. The van der Waals surface area contributed by atoms with E-state index in [0.29, 0.717) is 0 Å². The second kappa shape index (κ2) is 6.15. The summed E-state index contributed by atoms with van der Waals surface area (Å²) in [5, 5.41) is 11.6. The molecule has 0 amide bonds. The van der Waals surface area contributed by atoms with Gasteiger partial charge in [0, 0.05) is 0 Å². The second-order valence-corrected chi connectivity index (χ2v) is 3.49. The van der Waals surface area contributed by atoms with Crippen LogP contribution in [0.25, 0.3) is 0 Å². The van der Waals surface area contributed by atoms with Crippen LogP contribution in [0.2, 0.25) is 0 Å². The SMILES string of the molecule is O=C(O)/C(Cl)=C(/Cl)C=NNc1ccccc1. The standard InChI is InChI=1S/C10H8Cl2N2O2/c11-8(9(12)10(15)16)6-13-14-7-4-2-1-3-5-7/h1-6,14H,(H,15,16)/b9-8-,13-6?. The Morgan fingerprint density at radius 2 is 1.94 bits per heavy atom. The Kier molecular flexibility index (Phi) is 4.82. The molecule has 6 heteroatoms. The van der Waals surface area contributed by atoms with Crippen molar-refractivity contribution in [3.8, 4) is 0 Å². The normalized spacial score (nSPS) is 12.4. The van der Waals surface area contributed by atoms with E-state index in [4.69, 9.17) is 28.3 Å². The number of allylic oxidation sites excluding steroid dienone is 1. The van der Waals surface area contributed by atoms with Gasteiger partial charge in [-0.05, 0) is 12.1 Å². The minimum absolute atomic E-state index is 0.141. The first kappa shape index (κ1) is 12.5. The van der Waals surface area contributed by atoms with Gasteiger partial charge in [0.2, 0.25) is 0 Å². The van der Waals surface area contributed by atoms with Crippen LogP contribution in [0.5, 0.6) is 0 Å². The van der Waals surface area contributed by atoms with Crippen LogP contribution in [0.15, 0.2) is 45.5 Å². The third kappa shape index (κ3) is 3.92. The fraction of sp³-hybridized carbons (Fsp3) is 0. The van der Waals surface area contributed by atoms with Crippen LogP contribution in [-0.2, 0) is 4.79 Å². The van der Waals surface area contributed by atoms with E-state index in [1.807, 2.05) is 18.2 Å². The van der Waals surface area contributed by atoms with Crippen LogP contribution >= 0.6 is 23.2 Å². The van der Waals surface area contributed by atoms with Crippen molar-refractivity contribution in [2.24, 2.45) is 5.10 Å². The molecule has 0 heterocycles. The predicted molar refractivity (Wildman–Crippen MR) is 64.9 cm³/mol. The molecule has 0 aliphatic rings. The van der Waals surface area contributed by atoms with Gasteiger partial charge >= 0.3 is 5.97 Å². The fourth-order valence-electron chi connectivity index (χ4n) is 0.835. The largest absolute Gasteiger partial charge is 0.477 e. The molecule has 0 fully saturated rings. The van der Waals surface area contributed by atoms with Gasteiger partial charge in [-0.15, -0.1) is 0 Å². The molecule has 2 N–H and O–H groups in total. The zero-order chi connectivity index (χ0) is 12.0. The monoisotopic (exact) mass is 258 g/mol. The van der Waals surface area contributed by atoms with Crippen molar-refractivity contribution in [3.63, 3.8) is 0 Å². The minimum atomic E-state index is -1.29. The average Bonchev–Trinajstić information content (AvgIpc) is 2.29. The number of benzene rings is 1. The Balaban J connectivity index is 2.63. The van der Waals surface area contributed by atoms with E-state index in [2.05, 4.69) is 10.5 Å². The molecule has 1 aromatic rings. The molecule has 0 aliphatic heterocycles. The Morgan fingerprint density at radius 3 is 2.50 bits per heavy atom. The molecule has 84 valence electrons. The number of anilines is 1. The van der Waals surface area contributed by atoms with E-state index in [1.165, 1.54) is 0 Å². The molecule has 0 saturated carbocycles. The van der Waals surface area contributed by atoms with Crippen molar-refractivity contribution in [2.75, 3.05) is 5.43 Å². The van der Waals surface area contributed by atoms with Gasteiger partial charge in [0.15, 0.2) is 0 Å². The maximum Gasteiger partial charge on any atom is 0.348 e. The zero-order valence-electron chi connectivity index (χ0n) is 8.02. The van der Waals surface area contributed by atoms with Crippen molar-refractivity contribution < 1.29 is 9.90 Å². The lowest BCUT2D eigenvalue weighted by molar-refractivity contribution is -0.131. The van der Waals surface area contributed by atoms with E-state index in [9.17, 15) is 4.79 Å². The number of hydrogen-bond donors (Lipinski definition) is 2. The maximum atomic E-state index is 10.4. The molecule has 1 rings (SSSR count). The quantitative estimate of drug-likeness (QED) is 0.496. The molecule has 0 bridgehead atoms. The molecule has 0 aliphatic carbocycles. The molecule has 1 aromatic carbocycles. The van der Waals surface area contributed by atoms with Gasteiger partial charge in [-0.2, -0.15) is 5.10 Å². The highest BCUT2D eigenvalue weighted by atomic mass is 35.5. The number of carbonyl (C=O) groups is 1. The predicted octanol–water partition coefficient (Wildman–Crippen LogP) is 2.86. The van der Waals surface area contributed by atoms with Crippen molar-refractivity contribution in [2.45, 2.75) is 0 Å². The average molecular weight is 259 g/mol. The first-order chi connectivity index (χ1) is 7.61. The van der Waals surface area contributed by atoms with Gasteiger partial charge in [0.05, 0.1) is 16.9 Å². The summed E-state index contributed by atoms with van der Waals surface area (Å²) in [5.41, 5.74) is 3.43. The molecular weight excluding hydrogens is 251 g/mol. The number of rotatable bonds is 4. The molecule has 16 heavy (non-hydrogen) atoms. The summed E-state index contributed by atoms with van der Waals surface area (Å²) in [4.78, 5) is 10.4. The molecule has 0 radical (unpaired) electrons. The van der Waals surface area contributed by atoms with Crippen molar-refractivity contribution in [3.05, 3.63) is 40.4 Å². The van der Waals surface area contributed by atoms with Crippen LogP contribution < -0.4 is 5.43 Å². The first-order valence-corrected chi connectivity index (χ1v) is 4.99. The Morgan fingerprint density at radius 1 is 1.31 bits per heavy atom. The molecule has 0 unspecified atom stereocenters. The summed E-state index contributed by atoms with van der Waals surface area (Å²) in [6.45, 7) is 0. The summed E-state index contributed by atoms with van der Waals surface area (Å²) in [5.74, 6) is -1.29. The van der Waals surface area contributed by atoms with Gasteiger partial charge < -0.3 is 5.11 Å². The van der Waals surface area contributed by atoms with Crippen molar-refractivity contribution in [1.82, 2.24) is 0 Å². The highest BCUT2D eigenvalue weighted by Gasteiger charge is 2.07. The number of carboxylic acids is 1. The summed E-state index contributed by atoms with van der Waals surface area (Å²) in [6, 6.07) is 9.13. The molecule has 0 saturated heterocycles. The highest BCUT2D eigenvalue weighted by molar-refractivity contribution is 6.51. The van der Waals surface area contributed by atoms with E-state index < -0.39 is 11.0 Å². The third-order valence-corrected chi connectivity index (χ3v) is 2.29. The van der Waals surface area contributed by atoms with Gasteiger partial charge in [-0.25, -0.2) is 4.79 Å². The van der Waals surface area contributed by atoms with E-state index in [-0.39, 0.29) is 5.03 Å². The van der Waals surface area contributed by atoms with Gasteiger partial charge in [0.25, 0.3) is 0 Å². The first-order valence-electron chi connectivity index (χ1n) is 4.24. The number of para-hydroxylation sites is 1. The Hall–Kier alpha value is -1.52.